The zero-order valence-corrected chi connectivity index (χ0v) is 14.7. The summed E-state index contributed by atoms with van der Waals surface area (Å²) in [5.41, 5.74) is 2.56. The van der Waals surface area contributed by atoms with Crippen LogP contribution in [0.2, 0.25) is 0 Å². The SMILES string of the molecule is COc1ccc(Br)c(C(=O)Nc2cccc(NC(C)=O)c2C)c1. The highest BCUT2D eigenvalue weighted by molar-refractivity contribution is 9.10. The second kappa shape index (κ2) is 7.28. The Labute approximate surface area is 143 Å². The number of methoxy groups -OCH3 is 1. The zero-order chi connectivity index (χ0) is 17.0. The molecule has 0 saturated heterocycles. The minimum absolute atomic E-state index is 0.160. The molecule has 2 aromatic rings. The van der Waals surface area contributed by atoms with Gasteiger partial charge in [0.15, 0.2) is 0 Å². The number of rotatable bonds is 4. The van der Waals surface area contributed by atoms with Crippen molar-refractivity contribution in [3.8, 4) is 5.75 Å². The smallest absolute Gasteiger partial charge is 0.256 e. The molecule has 2 N–H and O–H groups in total. The van der Waals surface area contributed by atoms with E-state index in [9.17, 15) is 9.59 Å². The first kappa shape index (κ1) is 17.0. The molecule has 5 nitrogen and oxygen atoms in total. The van der Waals surface area contributed by atoms with Crippen LogP contribution in [-0.2, 0) is 4.79 Å². The fraction of sp³-hybridized carbons (Fsp3) is 0.176. The van der Waals surface area contributed by atoms with E-state index < -0.39 is 0 Å². The summed E-state index contributed by atoms with van der Waals surface area (Å²) in [4.78, 5) is 23.7. The molecule has 0 aliphatic rings. The minimum Gasteiger partial charge on any atom is -0.497 e. The van der Waals surface area contributed by atoms with Crippen LogP contribution in [-0.4, -0.2) is 18.9 Å². The van der Waals surface area contributed by atoms with E-state index in [4.69, 9.17) is 4.74 Å². The first-order chi connectivity index (χ1) is 10.9. The molecule has 0 radical (unpaired) electrons. The van der Waals surface area contributed by atoms with E-state index in [1.165, 1.54) is 6.92 Å². The molecule has 0 unspecified atom stereocenters. The van der Waals surface area contributed by atoms with Crippen LogP contribution in [0.3, 0.4) is 0 Å². The summed E-state index contributed by atoms with van der Waals surface area (Å²) in [5.74, 6) is 0.174. The second-order valence-corrected chi connectivity index (χ2v) is 5.81. The molecule has 2 aromatic carbocycles. The van der Waals surface area contributed by atoms with E-state index in [1.807, 2.05) is 6.92 Å². The summed E-state index contributed by atoms with van der Waals surface area (Å²) >= 11 is 3.37. The van der Waals surface area contributed by atoms with Crippen molar-refractivity contribution in [3.05, 3.63) is 52.0 Å². The molecular formula is C17H17BrN2O3. The van der Waals surface area contributed by atoms with Crippen LogP contribution in [0.25, 0.3) is 0 Å². The lowest BCUT2D eigenvalue weighted by molar-refractivity contribution is -0.114. The Morgan fingerprint density at radius 1 is 1.09 bits per heavy atom. The van der Waals surface area contributed by atoms with E-state index >= 15 is 0 Å². The second-order valence-electron chi connectivity index (χ2n) is 4.96. The Kier molecular flexibility index (Phi) is 5.39. The largest absolute Gasteiger partial charge is 0.497 e. The van der Waals surface area contributed by atoms with Gasteiger partial charge in [0.2, 0.25) is 5.91 Å². The standard InChI is InChI=1S/C17H17BrN2O3/c1-10-15(19-11(2)21)5-4-6-16(10)20-17(22)13-9-12(23-3)7-8-14(13)18/h4-9H,1-3H3,(H,19,21)(H,20,22). The third-order valence-corrected chi connectivity index (χ3v) is 4.00. The fourth-order valence-electron chi connectivity index (χ4n) is 2.09. The molecule has 2 rings (SSSR count). The molecule has 0 heterocycles. The molecule has 0 atom stereocenters. The number of anilines is 2. The molecule has 0 saturated carbocycles. The maximum atomic E-state index is 12.5. The Morgan fingerprint density at radius 3 is 2.35 bits per heavy atom. The van der Waals surface area contributed by atoms with E-state index in [-0.39, 0.29) is 11.8 Å². The average molecular weight is 377 g/mol. The highest BCUT2D eigenvalue weighted by Crippen LogP contribution is 2.26. The van der Waals surface area contributed by atoms with E-state index in [2.05, 4.69) is 26.6 Å². The molecule has 23 heavy (non-hydrogen) atoms. The number of benzene rings is 2. The van der Waals surface area contributed by atoms with Gasteiger partial charge in [0.25, 0.3) is 5.91 Å². The molecule has 0 aliphatic heterocycles. The van der Waals surface area contributed by atoms with Crippen LogP contribution in [0.5, 0.6) is 5.75 Å². The first-order valence-electron chi connectivity index (χ1n) is 6.94. The monoisotopic (exact) mass is 376 g/mol. The predicted octanol–water partition coefficient (Wildman–Crippen LogP) is 3.98. The van der Waals surface area contributed by atoms with Crippen molar-refractivity contribution in [2.75, 3.05) is 17.7 Å². The number of amides is 2. The highest BCUT2D eigenvalue weighted by atomic mass is 79.9. The summed E-state index contributed by atoms with van der Waals surface area (Å²) < 4.78 is 5.82. The Bertz CT molecular complexity index is 759. The molecule has 0 bridgehead atoms. The Hall–Kier alpha value is -2.34. The number of carbonyl (C=O) groups excluding carboxylic acids is 2. The lowest BCUT2D eigenvalue weighted by Crippen LogP contribution is -2.15. The molecule has 0 aromatic heterocycles. The van der Waals surface area contributed by atoms with Gasteiger partial charge >= 0.3 is 0 Å². The third kappa shape index (κ3) is 4.10. The van der Waals surface area contributed by atoms with Gasteiger partial charge in [-0.1, -0.05) is 6.07 Å². The molecule has 120 valence electrons. The van der Waals surface area contributed by atoms with Gasteiger partial charge in [-0.15, -0.1) is 0 Å². The lowest BCUT2D eigenvalue weighted by atomic mass is 10.1. The number of nitrogens with one attached hydrogen (secondary N) is 2. The molecule has 6 heteroatoms. The summed E-state index contributed by atoms with van der Waals surface area (Å²) in [7, 11) is 1.55. The van der Waals surface area contributed by atoms with E-state index in [0.717, 1.165) is 5.56 Å². The summed E-state index contributed by atoms with van der Waals surface area (Å²) in [6, 6.07) is 10.5. The van der Waals surface area contributed by atoms with Gasteiger partial charge in [-0.2, -0.15) is 0 Å². The van der Waals surface area contributed by atoms with E-state index in [1.54, 1.807) is 43.5 Å². The predicted molar refractivity (Wildman–Crippen MR) is 94.1 cm³/mol. The zero-order valence-electron chi connectivity index (χ0n) is 13.1. The van der Waals surface area contributed by atoms with Gasteiger partial charge in [0.05, 0.1) is 12.7 Å². The molecule has 0 spiro atoms. The quantitative estimate of drug-likeness (QED) is 0.847. The maximum absolute atomic E-state index is 12.5. The van der Waals surface area contributed by atoms with Crippen molar-refractivity contribution in [2.45, 2.75) is 13.8 Å². The van der Waals surface area contributed by atoms with Crippen molar-refractivity contribution in [2.24, 2.45) is 0 Å². The molecule has 0 aliphatic carbocycles. The topological polar surface area (TPSA) is 67.4 Å². The molecule has 0 fully saturated rings. The third-order valence-electron chi connectivity index (χ3n) is 3.31. The highest BCUT2D eigenvalue weighted by Gasteiger charge is 2.14. The van der Waals surface area contributed by atoms with Crippen LogP contribution >= 0.6 is 15.9 Å². The number of hydrogen-bond acceptors (Lipinski definition) is 3. The van der Waals surface area contributed by atoms with Gasteiger partial charge in [-0.25, -0.2) is 0 Å². The van der Waals surface area contributed by atoms with Crippen molar-refractivity contribution in [1.29, 1.82) is 0 Å². The molecular weight excluding hydrogens is 360 g/mol. The van der Waals surface area contributed by atoms with Crippen LogP contribution < -0.4 is 15.4 Å². The maximum Gasteiger partial charge on any atom is 0.256 e. The van der Waals surface area contributed by atoms with Crippen LogP contribution in [0.15, 0.2) is 40.9 Å². The van der Waals surface area contributed by atoms with Crippen LogP contribution in [0.4, 0.5) is 11.4 Å². The van der Waals surface area contributed by atoms with Crippen molar-refractivity contribution in [3.63, 3.8) is 0 Å². The van der Waals surface area contributed by atoms with Crippen molar-refractivity contribution < 1.29 is 14.3 Å². The summed E-state index contributed by atoms with van der Waals surface area (Å²) in [5, 5.41) is 5.59. The minimum atomic E-state index is -0.265. The lowest BCUT2D eigenvalue weighted by Gasteiger charge is -2.13. The van der Waals surface area contributed by atoms with Crippen molar-refractivity contribution in [1.82, 2.24) is 0 Å². The van der Waals surface area contributed by atoms with Gasteiger partial charge in [0.1, 0.15) is 5.75 Å². The number of halogens is 1. The Balaban J connectivity index is 2.29. The van der Waals surface area contributed by atoms with Crippen molar-refractivity contribution >= 4 is 39.1 Å². The molecule has 2 amide bonds. The summed E-state index contributed by atoms with van der Waals surface area (Å²) in [6.07, 6.45) is 0. The van der Waals surface area contributed by atoms with Gasteiger partial charge in [0, 0.05) is 22.8 Å². The number of ether oxygens (including phenoxy) is 1. The summed E-state index contributed by atoms with van der Waals surface area (Å²) in [6.45, 7) is 3.28. The van der Waals surface area contributed by atoms with Gasteiger partial charge in [-0.05, 0) is 58.7 Å². The number of carbonyl (C=O) groups is 2. The fourth-order valence-corrected chi connectivity index (χ4v) is 2.52. The Morgan fingerprint density at radius 2 is 1.74 bits per heavy atom. The normalized spacial score (nSPS) is 10.1. The van der Waals surface area contributed by atoms with Gasteiger partial charge in [-0.3, -0.25) is 9.59 Å². The average Bonchev–Trinajstić information content (AvgIpc) is 2.51. The number of hydrogen-bond donors (Lipinski definition) is 2. The van der Waals surface area contributed by atoms with Crippen LogP contribution in [0.1, 0.15) is 22.8 Å². The van der Waals surface area contributed by atoms with Gasteiger partial charge < -0.3 is 15.4 Å². The van der Waals surface area contributed by atoms with E-state index in [0.29, 0.717) is 27.2 Å². The van der Waals surface area contributed by atoms with Crippen LogP contribution in [0, 0.1) is 6.92 Å². The first-order valence-corrected chi connectivity index (χ1v) is 7.73.